The minimum absolute atomic E-state index is 0.187. The van der Waals surface area contributed by atoms with E-state index in [4.69, 9.17) is 0 Å². The van der Waals surface area contributed by atoms with Gasteiger partial charge < -0.3 is 10.6 Å². The highest BCUT2D eigenvalue weighted by Gasteiger charge is 2.27. The molecule has 0 aromatic carbocycles. The summed E-state index contributed by atoms with van der Waals surface area (Å²) >= 11 is 0. The van der Waals surface area contributed by atoms with E-state index < -0.39 is 11.9 Å². The van der Waals surface area contributed by atoms with Crippen molar-refractivity contribution in [2.45, 2.75) is 45.2 Å². The molecule has 2 unspecified atom stereocenters. The Morgan fingerprint density at radius 3 is 2.82 bits per heavy atom. The largest absolute Gasteiger partial charge is 0.343 e. The predicted octanol–water partition coefficient (Wildman–Crippen LogP) is -0.704. The highest BCUT2D eigenvalue weighted by atomic mass is 16.2. The molecule has 3 N–H and O–H groups in total. The first-order valence-electron chi connectivity index (χ1n) is 5.89. The number of carbonyl (C=O) groups excluding carboxylic acids is 3. The van der Waals surface area contributed by atoms with Crippen LogP contribution >= 0.6 is 0 Å². The Bertz CT molecular complexity index is 317. The van der Waals surface area contributed by atoms with Crippen LogP contribution in [0.1, 0.15) is 33.1 Å². The van der Waals surface area contributed by atoms with Gasteiger partial charge in [-0.2, -0.15) is 0 Å². The zero-order valence-electron chi connectivity index (χ0n) is 10.2. The number of amides is 3. The molecule has 0 saturated carbocycles. The number of imide groups is 1. The highest BCUT2D eigenvalue weighted by Crippen LogP contribution is 2.03. The van der Waals surface area contributed by atoms with Crippen molar-refractivity contribution < 1.29 is 14.4 Å². The normalized spacial score (nSPS) is 21.9. The summed E-state index contributed by atoms with van der Waals surface area (Å²) in [5, 5.41) is 7.84. The van der Waals surface area contributed by atoms with Crippen molar-refractivity contribution in [1.29, 1.82) is 0 Å². The molecular weight excluding hydrogens is 222 g/mol. The Kier molecular flexibility index (Phi) is 5.09. The molecule has 0 aromatic rings. The van der Waals surface area contributed by atoms with Crippen LogP contribution in [0.4, 0.5) is 0 Å². The Labute approximate surface area is 101 Å². The number of nitrogens with one attached hydrogen (secondary N) is 3. The van der Waals surface area contributed by atoms with Gasteiger partial charge in [0.25, 0.3) is 0 Å². The van der Waals surface area contributed by atoms with Gasteiger partial charge >= 0.3 is 0 Å². The van der Waals surface area contributed by atoms with Crippen LogP contribution in [-0.2, 0) is 14.4 Å². The number of rotatable bonds is 5. The van der Waals surface area contributed by atoms with E-state index in [-0.39, 0.29) is 30.8 Å². The standard InChI is InChI=1S/C11H19N3O3/c1-3-7(2)12-6-10(16)13-8-4-5-9(15)14-11(8)17/h7-8,12H,3-6H2,1-2H3,(H,13,16)(H,14,15,17). The van der Waals surface area contributed by atoms with Crippen LogP contribution < -0.4 is 16.0 Å². The zero-order chi connectivity index (χ0) is 12.8. The summed E-state index contributed by atoms with van der Waals surface area (Å²) < 4.78 is 0. The van der Waals surface area contributed by atoms with Crippen LogP contribution in [0, 0.1) is 0 Å². The molecule has 1 fully saturated rings. The van der Waals surface area contributed by atoms with Gasteiger partial charge in [-0.25, -0.2) is 0 Å². The molecule has 0 aromatic heterocycles. The van der Waals surface area contributed by atoms with Gasteiger partial charge in [-0.05, 0) is 19.8 Å². The minimum atomic E-state index is -0.584. The smallest absolute Gasteiger partial charge is 0.249 e. The van der Waals surface area contributed by atoms with Crippen LogP contribution in [0.15, 0.2) is 0 Å². The monoisotopic (exact) mass is 241 g/mol. The van der Waals surface area contributed by atoms with Gasteiger partial charge in [0, 0.05) is 12.5 Å². The molecule has 0 aliphatic carbocycles. The summed E-state index contributed by atoms with van der Waals surface area (Å²) in [5.74, 6) is -0.920. The van der Waals surface area contributed by atoms with Gasteiger partial charge in [0.2, 0.25) is 17.7 Å². The maximum absolute atomic E-state index is 11.5. The third kappa shape index (κ3) is 4.52. The second-order valence-corrected chi connectivity index (χ2v) is 4.26. The SMILES string of the molecule is CCC(C)NCC(=O)NC1CCC(=O)NC1=O. The van der Waals surface area contributed by atoms with E-state index in [0.29, 0.717) is 6.42 Å². The summed E-state index contributed by atoms with van der Waals surface area (Å²) in [6.45, 7) is 4.20. The summed E-state index contributed by atoms with van der Waals surface area (Å²) in [6.07, 6.45) is 1.58. The quantitative estimate of drug-likeness (QED) is 0.555. The third-order valence-electron chi connectivity index (χ3n) is 2.80. The van der Waals surface area contributed by atoms with Crippen molar-refractivity contribution in [3.63, 3.8) is 0 Å². The summed E-state index contributed by atoms with van der Waals surface area (Å²) in [5.41, 5.74) is 0. The molecule has 17 heavy (non-hydrogen) atoms. The maximum atomic E-state index is 11.5. The number of carbonyl (C=O) groups is 3. The lowest BCUT2D eigenvalue weighted by Crippen LogP contribution is -2.53. The second-order valence-electron chi connectivity index (χ2n) is 4.26. The minimum Gasteiger partial charge on any atom is -0.343 e. The van der Waals surface area contributed by atoms with E-state index in [1.54, 1.807) is 0 Å². The summed E-state index contributed by atoms with van der Waals surface area (Å²) in [4.78, 5) is 33.8. The first-order valence-corrected chi connectivity index (χ1v) is 5.89. The first-order chi connectivity index (χ1) is 8.02. The van der Waals surface area contributed by atoms with Gasteiger partial charge in [0.15, 0.2) is 0 Å². The van der Waals surface area contributed by atoms with Crippen molar-refractivity contribution >= 4 is 17.7 Å². The second kappa shape index (κ2) is 6.34. The first kappa shape index (κ1) is 13.6. The molecule has 1 aliphatic rings. The van der Waals surface area contributed by atoms with E-state index in [1.807, 2.05) is 13.8 Å². The lowest BCUT2D eigenvalue weighted by Gasteiger charge is -2.22. The molecule has 1 saturated heterocycles. The van der Waals surface area contributed by atoms with Crippen molar-refractivity contribution in [2.75, 3.05) is 6.54 Å². The predicted molar refractivity (Wildman–Crippen MR) is 62.1 cm³/mol. The van der Waals surface area contributed by atoms with Crippen molar-refractivity contribution in [3.05, 3.63) is 0 Å². The molecule has 6 nitrogen and oxygen atoms in total. The Balaban J connectivity index is 2.31. The zero-order valence-corrected chi connectivity index (χ0v) is 10.2. The molecule has 0 spiro atoms. The molecular formula is C11H19N3O3. The lowest BCUT2D eigenvalue weighted by atomic mass is 10.1. The Hall–Kier alpha value is -1.43. The fraction of sp³-hybridized carbons (Fsp3) is 0.727. The molecule has 3 amide bonds. The van der Waals surface area contributed by atoms with E-state index in [1.165, 1.54) is 0 Å². The average molecular weight is 241 g/mol. The number of hydrogen-bond donors (Lipinski definition) is 3. The molecule has 6 heteroatoms. The van der Waals surface area contributed by atoms with Crippen LogP contribution in [0.5, 0.6) is 0 Å². The lowest BCUT2D eigenvalue weighted by molar-refractivity contribution is -0.137. The fourth-order valence-corrected chi connectivity index (χ4v) is 1.49. The highest BCUT2D eigenvalue weighted by molar-refractivity contribution is 6.01. The van der Waals surface area contributed by atoms with Crippen molar-refractivity contribution in [2.24, 2.45) is 0 Å². The molecule has 96 valence electrons. The van der Waals surface area contributed by atoms with Gasteiger partial charge in [0.1, 0.15) is 6.04 Å². The number of piperidine rings is 1. The van der Waals surface area contributed by atoms with Crippen molar-refractivity contribution in [1.82, 2.24) is 16.0 Å². The number of hydrogen-bond acceptors (Lipinski definition) is 4. The van der Waals surface area contributed by atoms with Crippen LogP contribution in [0.3, 0.4) is 0 Å². The molecule has 0 radical (unpaired) electrons. The summed E-state index contributed by atoms with van der Waals surface area (Å²) in [7, 11) is 0. The fourth-order valence-electron chi connectivity index (χ4n) is 1.49. The third-order valence-corrected chi connectivity index (χ3v) is 2.80. The molecule has 1 rings (SSSR count). The maximum Gasteiger partial charge on any atom is 0.249 e. The molecule has 1 heterocycles. The van der Waals surface area contributed by atoms with E-state index in [9.17, 15) is 14.4 Å². The van der Waals surface area contributed by atoms with Crippen LogP contribution in [0.2, 0.25) is 0 Å². The Morgan fingerprint density at radius 2 is 2.24 bits per heavy atom. The van der Waals surface area contributed by atoms with Gasteiger partial charge in [0.05, 0.1) is 6.54 Å². The molecule has 2 atom stereocenters. The molecule has 0 bridgehead atoms. The van der Waals surface area contributed by atoms with Gasteiger partial charge in [-0.1, -0.05) is 6.92 Å². The Morgan fingerprint density at radius 1 is 1.53 bits per heavy atom. The van der Waals surface area contributed by atoms with E-state index in [0.717, 1.165) is 6.42 Å². The van der Waals surface area contributed by atoms with E-state index >= 15 is 0 Å². The van der Waals surface area contributed by atoms with Crippen LogP contribution in [-0.4, -0.2) is 36.3 Å². The van der Waals surface area contributed by atoms with Crippen molar-refractivity contribution in [3.8, 4) is 0 Å². The molecule has 1 aliphatic heterocycles. The topological polar surface area (TPSA) is 87.3 Å². The van der Waals surface area contributed by atoms with Gasteiger partial charge in [-0.15, -0.1) is 0 Å². The van der Waals surface area contributed by atoms with E-state index in [2.05, 4.69) is 16.0 Å². The average Bonchev–Trinajstić information content (AvgIpc) is 2.29. The van der Waals surface area contributed by atoms with Crippen LogP contribution in [0.25, 0.3) is 0 Å². The summed E-state index contributed by atoms with van der Waals surface area (Å²) in [6, 6.07) is -0.318. The van der Waals surface area contributed by atoms with Gasteiger partial charge in [-0.3, -0.25) is 19.7 Å².